The van der Waals surface area contributed by atoms with Crippen molar-refractivity contribution in [2.24, 2.45) is 7.05 Å². The van der Waals surface area contributed by atoms with E-state index in [1.165, 1.54) is 11.1 Å². The second kappa shape index (κ2) is 5.93. The molecule has 0 saturated heterocycles. The number of aromatic nitrogens is 3. The molecule has 108 valence electrons. The number of nitrogens with zero attached hydrogens (tertiary/aromatic N) is 3. The molecule has 0 saturated carbocycles. The van der Waals surface area contributed by atoms with Crippen molar-refractivity contribution in [3.05, 3.63) is 72.0 Å². The zero-order chi connectivity index (χ0) is 14.7. The van der Waals surface area contributed by atoms with Crippen molar-refractivity contribution in [2.45, 2.75) is 19.5 Å². The Morgan fingerprint density at radius 2 is 2.24 bits per heavy atom. The van der Waals surface area contributed by atoms with Crippen molar-refractivity contribution in [3.63, 3.8) is 0 Å². The van der Waals surface area contributed by atoms with E-state index in [9.17, 15) is 0 Å². The third-order valence-corrected chi connectivity index (χ3v) is 3.59. The Morgan fingerprint density at radius 3 is 2.90 bits per heavy atom. The zero-order valence-corrected chi connectivity index (χ0v) is 12.2. The van der Waals surface area contributed by atoms with Gasteiger partial charge in [0.2, 0.25) is 0 Å². The maximum Gasteiger partial charge on any atom is 0.133 e. The highest BCUT2D eigenvalue weighted by molar-refractivity contribution is 5.22. The summed E-state index contributed by atoms with van der Waals surface area (Å²) in [5.74, 6) is 1.78. The maximum atomic E-state index is 5.56. The van der Waals surface area contributed by atoms with Gasteiger partial charge in [-0.05, 0) is 36.2 Å². The molecule has 0 radical (unpaired) electrons. The van der Waals surface area contributed by atoms with E-state index in [1.807, 2.05) is 48.4 Å². The smallest absolute Gasteiger partial charge is 0.133 e. The second-order valence-electron chi connectivity index (χ2n) is 5.03. The van der Waals surface area contributed by atoms with Crippen LogP contribution in [0.2, 0.25) is 0 Å². The molecule has 0 aromatic carbocycles. The molecule has 0 bridgehead atoms. The van der Waals surface area contributed by atoms with Crippen molar-refractivity contribution >= 4 is 0 Å². The van der Waals surface area contributed by atoms with E-state index in [4.69, 9.17) is 4.42 Å². The zero-order valence-electron chi connectivity index (χ0n) is 12.2. The van der Waals surface area contributed by atoms with Gasteiger partial charge >= 0.3 is 0 Å². The lowest BCUT2D eigenvalue weighted by atomic mass is 10.1. The van der Waals surface area contributed by atoms with Crippen LogP contribution in [0.15, 0.2) is 53.7 Å². The van der Waals surface area contributed by atoms with Crippen LogP contribution in [0.25, 0.3) is 0 Å². The third kappa shape index (κ3) is 2.87. The molecule has 0 aliphatic heterocycles. The number of aryl methyl sites for hydroxylation is 2. The largest absolute Gasteiger partial charge is 0.467 e. The fraction of sp³-hybridized carbons (Fsp3) is 0.250. The lowest BCUT2D eigenvalue weighted by Crippen LogP contribution is -2.24. The number of furan rings is 1. The Bertz CT molecular complexity index is 703. The first-order valence-electron chi connectivity index (χ1n) is 6.89. The molecule has 1 unspecified atom stereocenters. The summed E-state index contributed by atoms with van der Waals surface area (Å²) < 4.78 is 7.56. The van der Waals surface area contributed by atoms with Gasteiger partial charge in [0.05, 0.1) is 6.26 Å². The second-order valence-corrected chi connectivity index (χ2v) is 5.03. The molecule has 0 fully saturated rings. The summed E-state index contributed by atoms with van der Waals surface area (Å²) in [5, 5.41) is 3.51. The maximum absolute atomic E-state index is 5.56. The quantitative estimate of drug-likeness (QED) is 0.781. The summed E-state index contributed by atoms with van der Waals surface area (Å²) in [6, 6.07) is 5.78. The molecule has 1 N–H and O–H groups in total. The Morgan fingerprint density at radius 1 is 1.33 bits per heavy atom. The minimum Gasteiger partial charge on any atom is -0.467 e. The number of rotatable bonds is 5. The molecular weight excluding hydrogens is 264 g/mol. The van der Waals surface area contributed by atoms with E-state index in [2.05, 4.69) is 22.2 Å². The molecule has 3 rings (SSSR count). The minimum absolute atomic E-state index is 0.0837. The molecule has 5 heteroatoms. The highest BCUT2D eigenvalue weighted by Crippen LogP contribution is 2.21. The Kier molecular flexibility index (Phi) is 3.83. The topological polar surface area (TPSA) is 55.9 Å². The van der Waals surface area contributed by atoms with Crippen LogP contribution >= 0.6 is 0 Å². The molecule has 3 aromatic rings. The highest BCUT2D eigenvalue weighted by atomic mass is 16.3. The Balaban J connectivity index is 1.84. The van der Waals surface area contributed by atoms with Crippen molar-refractivity contribution in [2.75, 3.05) is 0 Å². The molecule has 5 nitrogen and oxygen atoms in total. The Labute approximate surface area is 123 Å². The first-order chi connectivity index (χ1) is 10.3. The molecular formula is C16H18N4O. The number of hydrogen-bond acceptors (Lipinski definition) is 4. The number of nitrogens with one attached hydrogen (secondary N) is 1. The summed E-state index contributed by atoms with van der Waals surface area (Å²) in [4.78, 5) is 8.61. The van der Waals surface area contributed by atoms with E-state index < -0.39 is 0 Å². The monoisotopic (exact) mass is 282 g/mol. The van der Waals surface area contributed by atoms with Gasteiger partial charge in [0.15, 0.2) is 0 Å². The Hall–Kier alpha value is -2.40. The molecule has 0 amide bonds. The van der Waals surface area contributed by atoms with Crippen molar-refractivity contribution in [3.8, 4) is 0 Å². The van der Waals surface area contributed by atoms with Crippen LogP contribution in [0.5, 0.6) is 0 Å². The standard InChI is InChI=1S/C16H18N4O/c1-12-5-6-17-10-13(12)11-19-15(14-4-3-9-21-14)16-18-7-8-20(16)2/h3-10,15,19H,11H2,1-2H3. The van der Waals surface area contributed by atoms with E-state index >= 15 is 0 Å². The van der Waals surface area contributed by atoms with Crippen LogP contribution < -0.4 is 5.32 Å². The molecule has 0 spiro atoms. The first kappa shape index (κ1) is 13.6. The van der Waals surface area contributed by atoms with Crippen molar-refractivity contribution < 1.29 is 4.42 Å². The first-order valence-corrected chi connectivity index (χ1v) is 6.89. The average molecular weight is 282 g/mol. The summed E-state index contributed by atoms with van der Waals surface area (Å²) >= 11 is 0. The van der Waals surface area contributed by atoms with Crippen LogP contribution in [-0.2, 0) is 13.6 Å². The molecule has 0 aliphatic carbocycles. The van der Waals surface area contributed by atoms with Crippen LogP contribution in [0, 0.1) is 6.92 Å². The highest BCUT2D eigenvalue weighted by Gasteiger charge is 2.20. The summed E-state index contributed by atoms with van der Waals surface area (Å²) in [6.07, 6.45) is 9.11. The minimum atomic E-state index is -0.0837. The van der Waals surface area contributed by atoms with E-state index in [-0.39, 0.29) is 6.04 Å². The molecule has 3 heterocycles. The normalized spacial score (nSPS) is 12.5. The van der Waals surface area contributed by atoms with E-state index in [0.717, 1.165) is 11.6 Å². The van der Waals surface area contributed by atoms with Gasteiger partial charge in [-0.3, -0.25) is 10.3 Å². The molecule has 0 aliphatic rings. The fourth-order valence-corrected chi connectivity index (χ4v) is 2.32. The van der Waals surface area contributed by atoms with Gasteiger partial charge in [-0.25, -0.2) is 4.98 Å². The molecule has 1 atom stereocenters. The number of imidazole rings is 1. The summed E-state index contributed by atoms with van der Waals surface area (Å²) in [6.45, 7) is 2.79. The summed E-state index contributed by atoms with van der Waals surface area (Å²) in [7, 11) is 1.98. The predicted molar refractivity (Wildman–Crippen MR) is 79.6 cm³/mol. The SMILES string of the molecule is Cc1ccncc1CNC(c1ccco1)c1nccn1C. The van der Waals surface area contributed by atoms with Crippen LogP contribution in [0.3, 0.4) is 0 Å². The van der Waals surface area contributed by atoms with Crippen molar-refractivity contribution in [1.29, 1.82) is 0 Å². The third-order valence-electron chi connectivity index (χ3n) is 3.59. The lowest BCUT2D eigenvalue weighted by Gasteiger charge is -2.17. The van der Waals surface area contributed by atoms with Gasteiger partial charge in [-0.2, -0.15) is 0 Å². The lowest BCUT2D eigenvalue weighted by molar-refractivity contribution is 0.429. The van der Waals surface area contributed by atoms with E-state index in [1.54, 1.807) is 12.5 Å². The van der Waals surface area contributed by atoms with Gasteiger partial charge in [0, 0.05) is 38.4 Å². The van der Waals surface area contributed by atoms with Gasteiger partial charge in [0.1, 0.15) is 17.6 Å². The van der Waals surface area contributed by atoms with Crippen LogP contribution in [0.4, 0.5) is 0 Å². The molecule has 3 aromatic heterocycles. The number of pyridine rings is 1. The molecule has 21 heavy (non-hydrogen) atoms. The van der Waals surface area contributed by atoms with Crippen molar-refractivity contribution in [1.82, 2.24) is 19.9 Å². The van der Waals surface area contributed by atoms with E-state index in [0.29, 0.717) is 6.54 Å². The van der Waals surface area contributed by atoms with Crippen LogP contribution in [-0.4, -0.2) is 14.5 Å². The van der Waals surface area contributed by atoms with Crippen LogP contribution in [0.1, 0.15) is 28.8 Å². The summed E-state index contributed by atoms with van der Waals surface area (Å²) in [5.41, 5.74) is 2.39. The van der Waals surface area contributed by atoms with Gasteiger partial charge in [-0.1, -0.05) is 0 Å². The van der Waals surface area contributed by atoms with Gasteiger partial charge < -0.3 is 8.98 Å². The van der Waals surface area contributed by atoms with Gasteiger partial charge in [0.25, 0.3) is 0 Å². The van der Waals surface area contributed by atoms with Gasteiger partial charge in [-0.15, -0.1) is 0 Å². The number of hydrogen-bond donors (Lipinski definition) is 1. The average Bonchev–Trinajstić information content (AvgIpc) is 3.14. The fourth-order valence-electron chi connectivity index (χ4n) is 2.32. The predicted octanol–water partition coefficient (Wildman–Crippen LogP) is 2.60.